The predicted molar refractivity (Wildman–Crippen MR) is 120 cm³/mol. The van der Waals surface area contributed by atoms with Crippen LogP contribution in [0.4, 0.5) is 0 Å². The number of nitrogens with one attached hydrogen (secondary N) is 2. The third-order valence-corrected chi connectivity index (χ3v) is 4.83. The van der Waals surface area contributed by atoms with Crippen LogP contribution >= 0.6 is 0 Å². The van der Waals surface area contributed by atoms with E-state index >= 15 is 0 Å². The van der Waals surface area contributed by atoms with E-state index in [9.17, 15) is 5.11 Å². The summed E-state index contributed by atoms with van der Waals surface area (Å²) in [6.07, 6.45) is 6.62. The third-order valence-electron chi connectivity index (χ3n) is 4.83. The van der Waals surface area contributed by atoms with Crippen molar-refractivity contribution >= 4 is 5.96 Å². The molecule has 1 aromatic heterocycles. The number of aliphatic imine (C=N–C) groups is 1. The van der Waals surface area contributed by atoms with Gasteiger partial charge in [0.15, 0.2) is 5.96 Å². The average Bonchev–Trinajstić information content (AvgIpc) is 3.13. The van der Waals surface area contributed by atoms with Gasteiger partial charge >= 0.3 is 0 Å². The molecule has 0 saturated heterocycles. The Hall–Kier alpha value is -2.34. The standard InChI is InChI=1S/C23H37N5O/c1-4-24-23(27-17-21(11-15-29)16-19(2)3)26-12-10-22-25-13-14-28(22)18-20-8-6-5-7-9-20/h5-9,13-14,19,21,29H,4,10-12,15-18H2,1-3H3,(H2,24,26,27). The van der Waals surface area contributed by atoms with E-state index in [-0.39, 0.29) is 6.61 Å². The molecule has 1 aromatic carbocycles. The first-order valence-electron chi connectivity index (χ1n) is 10.8. The summed E-state index contributed by atoms with van der Waals surface area (Å²) in [6, 6.07) is 10.4. The summed E-state index contributed by atoms with van der Waals surface area (Å²) in [5, 5.41) is 16.0. The van der Waals surface area contributed by atoms with Crippen molar-refractivity contribution in [1.29, 1.82) is 0 Å². The number of imidazole rings is 1. The van der Waals surface area contributed by atoms with Crippen molar-refractivity contribution in [3.63, 3.8) is 0 Å². The molecule has 0 radical (unpaired) electrons. The Bertz CT molecular complexity index is 711. The Balaban J connectivity index is 1.88. The minimum Gasteiger partial charge on any atom is -0.396 e. The minimum absolute atomic E-state index is 0.223. The van der Waals surface area contributed by atoms with Gasteiger partial charge < -0.3 is 20.3 Å². The summed E-state index contributed by atoms with van der Waals surface area (Å²) in [6.45, 7) is 9.89. The molecule has 1 atom stereocenters. The van der Waals surface area contributed by atoms with Gasteiger partial charge in [0.1, 0.15) is 5.82 Å². The van der Waals surface area contributed by atoms with Crippen LogP contribution in [0.3, 0.4) is 0 Å². The highest BCUT2D eigenvalue weighted by Crippen LogP contribution is 2.15. The monoisotopic (exact) mass is 399 g/mol. The van der Waals surface area contributed by atoms with Crippen molar-refractivity contribution in [3.8, 4) is 0 Å². The van der Waals surface area contributed by atoms with Gasteiger partial charge in [-0.1, -0.05) is 44.2 Å². The molecule has 160 valence electrons. The van der Waals surface area contributed by atoms with Crippen LogP contribution in [0.15, 0.2) is 47.7 Å². The molecule has 0 aliphatic carbocycles. The molecule has 0 bridgehead atoms. The fourth-order valence-corrected chi connectivity index (χ4v) is 3.48. The lowest BCUT2D eigenvalue weighted by Gasteiger charge is -2.17. The zero-order chi connectivity index (χ0) is 20.9. The lowest BCUT2D eigenvalue weighted by Crippen LogP contribution is -2.39. The van der Waals surface area contributed by atoms with E-state index in [4.69, 9.17) is 4.99 Å². The van der Waals surface area contributed by atoms with Crippen LogP contribution in [0.5, 0.6) is 0 Å². The zero-order valence-electron chi connectivity index (χ0n) is 18.1. The smallest absolute Gasteiger partial charge is 0.191 e. The number of aliphatic hydroxyl groups excluding tert-OH is 1. The van der Waals surface area contributed by atoms with Gasteiger partial charge in [-0.2, -0.15) is 0 Å². The maximum Gasteiger partial charge on any atom is 0.191 e. The highest BCUT2D eigenvalue weighted by atomic mass is 16.3. The lowest BCUT2D eigenvalue weighted by atomic mass is 9.94. The molecule has 0 aliphatic rings. The number of hydrogen-bond acceptors (Lipinski definition) is 3. The van der Waals surface area contributed by atoms with Crippen molar-refractivity contribution in [2.24, 2.45) is 16.8 Å². The van der Waals surface area contributed by atoms with E-state index in [1.54, 1.807) is 0 Å². The molecule has 1 unspecified atom stereocenters. The second-order valence-electron chi connectivity index (χ2n) is 7.86. The number of aromatic nitrogens is 2. The molecule has 0 amide bonds. The average molecular weight is 400 g/mol. The van der Waals surface area contributed by atoms with Gasteiger partial charge in [0.05, 0.1) is 0 Å². The van der Waals surface area contributed by atoms with Gasteiger partial charge in [-0.05, 0) is 37.2 Å². The molecule has 2 aromatic rings. The Morgan fingerprint density at radius 3 is 2.69 bits per heavy atom. The van der Waals surface area contributed by atoms with Crippen LogP contribution in [-0.2, 0) is 13.0 Å². The van der Waals surface area contributed by atoms with E-state index in [2.05, 4.69) is 65.2 Å². The van der Waals surface area contributed by atoms with Crippen LogP contribution in [0, 0.1) is 11.8 Å². The van der Waals surface area contributed by atoms with Gasteiger partial charge in [0, 0.05) is 51.6 Å². The van der Waals surface area contributed by atoms with E-state index in [0.29, 0.717) is 11.8 Å². The normalized spacial score (nSPS) is 12.9. The predicted octanol–water partition coefficient (Wildman–Crippen LogP) is 3.07. The number of nitrogens with zero attached hydrogens (tertiary/aromatic N) is 3. The number of benzene rings is 1. The molecule has 3 N–H and O–H groups in total. The first-order chi connectivity index (χ1) is 14.1. The summed E-state index contributed by atoms with van der Waals surface area (Å²) < 4.78 is 2.20. The Morgan fingerprint density at radius 2 is 2.00 bits per heavy atom. The fourth-order valence-electron chi connectivity index (χ4n) is 3.48. The summed E-state index contributed by atoms with van der Waals surface area (Å²) in [5.74, 6) is 2.93. The highest BCUT2D eigenvalue weighted by molar-refractivity contribution is 5.79. The van der Waals surface area contributed by atoms with Crippen LogP contribution in [0.2, 0.25) is 0 Å². The number of rotatable bonds is 12. The van der Waals surface area contributed by atoms with E-state index in [0.717, 1.165) is 57.2 Å². The topological polar surface area (TPSA) is 74.5 Å². The summed E-state index contributed by atoms with van der Waals surface area (Å²) in [5.41, 5.74) is 1.27. The molecule has 6 heteroatoms. The molecular formula is C23H37N5O. The quantitative estimate of drug-likeness (QED) is 0.379. The molecule has 2 rings (SSSR count). The minimum atomic E-state index is 0.223. The van der Waals surface area contributed by atoms with Gasteiger partial charge in [-0.25, -0.2) is 4.98 Å². The van der Waals surface area contributed by atoms with Crippen molar-refractivity contribution in [2.75, 3.05) is 26.2 Å². The largest absolute Gasteiger partial charge is 0.396 e. The maximum absolute atomic E-state index is 9.31. The Kier molecular flexibility index (Phi) is 10.3. The number of guanidine groups is 1. The zero-order valence-corrected chi connectivity index (χ0v) is 18.1. The SMILES string of the molecule is CCNC(=NCC(CCO)CC(C)C)NCCc1nccn1Cc1ccccc1. The molecular weight excluding hydrogens is 362 g/mol. The second kappa shape index (κ2) is 13.0. The van der Waals surface area contributed by atoms with Crippen LogP contribution < -0.4 is 10.6 Å². The Morgan fingerprint density at radius 1 is 1.21 bits per heavy atom. The van der Waals surface area contributed by atoms with Gasteiger partial charge in [0.2, 0.25) is 0 Å². The first-order valence-corrected chi connectivity index (χ1v) is 10.8. The maximum atomic E-state index is 9.31. The number of aliphatic hydroxyl groups is 1. The first kappa shape index (κ1) is 22.9. The lowest BCUT2D eigenvalue weighted by molar-refractivity contribution is 0.245. The molecule has 0 fully saturated rings. The van der Waals surface area contributed by atoms with E-state index in [1.165, 1.54) is 5.56 Å². The van der Waals surface area contributed by atoms with Crippen molar-refractivity contribution in [2.45, 2.75) is 46.6 Å². The molecule has 1 heterocycles. The van der Waals surface area contributed by atoms with Gasteiger partial charge in [0.25, 0.3) is 0 Å². The van der Waals surface area contributed by atoms with Crippen molar-refractivity contribution in [3.05, 3.63) is 54.1 Å². The van der Waals surface area contributed by atoms with Gasteiger partial charge in [-0.15, -0.1) is 0 Å². The summed E-state index contributed by atoms with van der Waals surface area (Å²) in [4.78, 5) is 9.27. The van der Waals surface area contributed by atoms with Crippen LogP contribution in [0.1, 0.15) is 45.0 Å². The van der Waals surface area contributed by atoms with Crippen LogP contribution in [-0.4, -0.2) is 46.9 Å². The molecule has 0 saturated carbocycles. The number of hydrogen-bond donors (Lipinski definition) is 3. The molecule has 0 spiro atoms. The highest BCUT2D eigenvalue weighted by Gasteiger charge is 2.11. The van der Waals surface area contributed by atoms with Crippen LogP contribution in [0.25, 0.3) is 0 Å². The molecule has 0 aliphatic heterocycles. The molecule has 29 heavy (non-hydrogen) atoms. The summed E-state index contributed by atoms with van der Waals surface area (Å²) >= 11 is 0. The van der Waals surface area contributed by atoms with E-state index in [1.807, 2.05) is 18.5 Å². The third kappa shape index (κ3) is 8.69. The summed E-state index contributed by atoms with van der Waals surface area (Å²) in [7, 11) is 0. The second-order valence-corrected chi connectivity index (χ2v) is 7.86. The molecule has 6 nitrogen and oxygen atoms in total. The Labute approximate surface area is 175 Å². The van der Waals surface area contributed by atoms with Gasteiger partial charge in [-0.3, -0.25) is 4.99 Å². The fraction of sp³-hybridized carbons (Fsp3) is 0.565. The van der Waals surface area contributed by atoms with Crippen molar-refractivity contribution < 1.29 is 5.11 Å². The van der Waals surface area contributed by atoms with Crippen molar-refractivity contribution in [1.82, 2.24) is 20.2 Å². The van der Waals surface area contributed by atoms with E-state index < -0.39 is 0 Å².